The van der Waals surface area contributed by atoms with E-state index in [1.807, 2.05) is 0 Å². The molecule has 4 nitrogen and oxygen atoms in total. The van der Waals surface area contributed by atoms with E-state index in [1.165, 1.54) is 51.9 Å². The number of hydrogen-bond donors (Lipinski definition) is 0. The molecule has 0 aromatic heterocycles. The van der Waals surface area contributed by atoms with Crippen molar-refractivity contribution in [3.05, 3.63) is 11.1 Å². The van der Waals surface area contributed by atoms with Crippen LogP contribution in [0, 0.1) is 40.4 Å². The second-order valence-corrected chi connectivity index (χ2v) is 13.4. The van der Waals surface area contributed by atoms with Crippen molar-refractivity contribution in [3.63, 3.8) is 0 Å². The largest absolute Gasteiger partial charge is 0.463 e. The highest BCUT2D eigenvalue weighted by Crippen LogP contribution is 2.66. The number of ether oxygens (including phenoxy) is 2. The van der Waals surface area contributed by atoms with Crippen LogP contribution in [0.5, 0.6) is 0 Å². The van der Waals surface area contributed by atoms with Gasteiger partial charge in [-0.25, -0.2) is 0 Å². The molecule has 0 amide bonds. The van der Waals surface area contributed by atoms with E-state index < -0.39 is 0 Å². The lowest BCUT2D eigenvalue weighted by molar-refractivity contribution is -0.170. The van der Waals surface area contributed by atoms with Crippen LogP contribution < -0.4 is 0 Å². The summed E-state index contributed by atoms with van der Waals surface area (Å²) in [5, 5.41) is 0. The lowest BCUT2D eigenvalue weighted by Gasteiger charge is -2.58. The Balaban J connectivity index is 1.61. The minimum absolute atomic E-state index is 0.0470. The molecule has 0 N–H and O–H groups in total. The molecule has 0 aromatic rings. The highest BCUT2D eigenvalue weighted by molar-refractivity contribution is 5.66. The second kappa shape index (κ2) is 10.2. The van der Waals surface area contributed by atoms with Crippen LogP contribution in [0.25, 0.3) is 0 Å². The summed E-state index contributed by atoms with van der Waals surface area (Å²) in [6, 6.07) is 0. The average Bonchev–Trinajstić information content (AvgIpc) is 3.11. The summed E-state index contributed by atoms with van der Waals surface area (Å²) in [5.74, 6) is 2.79. The molecule has 0 aromatic carbocycles. The first-order valence-corrected chi connectivity index (χ1v) is 14.5. The minimum Gasteiger partial charge on any atom is -0.463 e. The molecule has 35 heavy (non-hydrogen) atoms. The van der Waals surface area contributed by atoms with E-state index in [2.05, 4.69) is 34.6 Å². The Kier molecular flexibility index (Phi) is 7.80. The van der Waals surface area contributed by atoms with Gasteiger partial charge in [-0.1, -0.05) is 65.0 Å². The number of esters is 2. The van der Waals surface area contributed by atoms with Crippen molar-refractivity contribution in [3.8, 4) is 0 Å². The van der Waals surface area contributed by atoms with Gasteiger partial charge in [0.1, 0.15) is 12.2 Å². The first-order valence-electron chi connectivity index (χ1n) is 14.5. The van der Waals surface area contributed by atoms with Gasteiger partial charge in [0.15, 0.2) is 0 Å². The van der Waals surface area contributed by atoms with Crippen LogP contribution in [0.2, 0.25) is 0 Å². The molecule has 3 saturated carbocycles. The Bertz CT molecular complexity index is 843. The lowest BCUT2D eigenvalue weighted by atomic mass is 9.48. The lowest BCUT2D eigenvalue weighted by Crippen LogP contribution is -2.54. The molecule has 0 radical (unpaired) electrons. The number of carbonyl (C=O) groups excluding carboxylic acids is 2. The summed E-state index contributed by atoms with van der Waals surface area (Å²) in [6.07, 6.45) is 12.6. The molecule has 8 atom stereocenters. The third kappa shape index (κ3) is 5.10. The van der Waals surface area contributed by atoms with Gasteiger partial charge < -0.3 is 9.47 Å². The fourth-order valence-electron chi connectivity index (χ4n) is 9.15. The molecule has 0 heterocycles. The van der Waals surface area contributed by atoms with Crippen LogP contribution in [0.1, 0.15) is 119 Å². The maximum Gasteiger partial charge on any atom is 0.302 e. The van der Waals surface area contributed by atoms with Gasteiger partial charge in [-0.15, -0.1) is 0 Å². The molecule has 0 saturated heterocycles. The number of hydrogen-bond acceptors (Lipinski definition) is 4. The molecular formula is C31H50O4. The summed E-state index contributed by atoms with van der Waals surface area (Å²) in [5.41, 5.74) is 3.79. The monoisotopic (exact) mass is 486 g/mol. The Hall–Kier alpha value is -1.32. The van der Waals surface area contributed by atoms with E-state index in [-0.39, 0.29) is 35.5 Å². The van der Waals surface area contributed by atoms with Crippen LogP contribution in [-0.2, 0) is 19.1 Å². The van der Waals surface area contributed by atoms with Crippen molar-refractivity contribution >= 4 is 11.9 Å². The standard InChI is InChI=1S/C31H50O4/c1-19(2)9-8-10-20(3)25-11-12-26-24-18-29(35-22(5)33)28-17-23(34-21(4)32)13-15-31(28,7)27(24)14-16-30(25,26)6/h19-20,23,25,27-29H,8-18H2,1-7H3. The molecule has 4 heteroatoms. The van der Waals surface area contributed by atoms with Crippen LogP contribution in [-0.4, -0.2) is 24.1 Å². The SMILES string of the molecule is CC(=O)OC1CCC2(C)C3CCC4(C)C(=C3CC(OC(C)=O)C2C1)CCC4C(C)CCCC(C)C. The van der Waals surface area contributed by atoms with Crippen molar-refractivity contribution in [1.82, 2.24) is 0 Å². The number of fused-ring (bicyclic) bond motifs is 4. The van der Waals surface area contributed by atoms with Gasteiger partial charge in [0.2, 0.25) is 0 Å². The molecule has 8 unspecified atom stereocenters. The Morgan fingerprint density at radius 1 is 0.971 bits per heavy atom. The molecule has 0 aliphatic heterocycles. The molecule has 198 valence electrons. The van der Waals surface area contributed by atoms with Gasteiger partial charge in [-0.3, -0.25) is 9.59 Å². The Morgan fingerprint density at radius 2 is 1.69 bits per heavy atom. The minimum atomic E-state index is -0.200. The van der Waals surface area contributed by atoms with E-state index in [0.717, 1.165) is 43.4 Å². The molecule has 0 bridgehead atoms. The molecule has 3 fully saturated rings. The van der Waals surface area contributed by atoms with Crippen molar-refractivity contribution in [2.24, 2.45) is 40.4 Å². The topological polar surface area (TPSA) is 52.6 Å². The van der Waals surface area contributed by atoms with E-state index in [9.17, 15) is 9.59 Å². The van der Waals surface area contributed by atoms with E-state index in [1.54, 1.807) is 18.1 Å². The van der Waals surface area contributed by atoms with Gasteiger partial charge in [0, 0.05) is 26.2 Å². The average molecular weight is 487 g/mol. The van der Waals surface area contributed by atoms with Gasteiger partial charge in [0.25, 0.3) is 0 Å². The third-order valence-electron chi connectivity index (χ3n) is 10.8. The first-order chi connectivity index (χ1) is 16.5. The molecular weight excluding hydrogens is 436 g/mol. The number of rotatable bonds is 7. The smallest absolute Gasteiger partial charge is 0.302 e. The summed E-state index contributed by atoms with van der Waals surface area (Å²) in [7, 11) is 0. The second-order valence-electron chi connectivity index (χ2n) is 13.4. The quantitative estimate of drug-likeness (QED) is 0.274. The van der Waals surface area contributed by atoms with Crippen LogP contribution >= 0.6 is 0 Å². The van der Waals surface area contributed by atoms with Crippen molar-refractivity contribution in [2.75, 3.05) is 0 Å². The van der Waals surface area contributed by atoms with Crippen LogP contribution in [0.15, 0.2) is 11.1 Å². The van der Waals surface area contributed by atoms with E-state index >= 15 is 0 Å². The first kappa shape index (κ1) is 26.7. The normalized spacial score (nSPS) is 39.5. The van der Waals surface area contributed by atoms with Gasteiger partial charge in [0.05, 0.1) is 0 Å². The van der Waals surface area contributed by atoms with Gasteiger partial charge >= 0.3 is 11.9 Å². The summed E-state index contributed by atoms with van der Waals surface area (Å²) in [6.45, 7) is 15.2. The summed E-state index contributed by atoms with van der Waals surface area (Å²) >= 11 is 0. The van der Waals surface area contributed by atoms with Gasteiger partial charge in [-0.2, -0.15) is 0 Å². The zero-order valence-corrected chi connectivity index (χ0v) is 23.5. The number of carbonyl (C=O) groups is 2. The Labute approximate surface area is 214 Å². The zero-order chi connectivity index (χ0) is 25.5. The molecule has 4 aliphatic carbocycles. The molecule has 4 rings (SSSR count). The highest BCUT2D eigenvalue weighted by atomic mass is 16.5. The van der Waals surface area contributed by atoms with E-state index in [0.29, 0.717) is 11.3 Å². The molecule has 0 spiro atoms. The highest BCUT2D eigenvalue weighted by Gasteiger charge is 2.59. The van der Waals surface area contributed by atoms with Gasteiger partial charge in [-0.05, 0) is 79.4 Å². The maximum absolute atomic E-state index is 12.2. The zero-order valence-electron chi connectivity index (χ0n) is 23.5. The summed E-state index contributed by atoms with van der Waals surface area (Å²) < 4.78 is 11.7. The summed E-state index contributed by atoms with van der Waals surface area (Å²) in [4.78, 5) is 23.8. The van der Waals surface area contributed by atoms with Crippen molar-refractivity contribution in [1.29, 1.82) is 0 Å². The predicted molar refractivity (Wildman–Crippen MR) is 140 cm³/mol. The van der Waals surface area contributed by atoms with Crippen molar-refractivity contribution in [2.45, 2.75) is 131 Å². The maximum atomic E-state index is 12.2. The van der Waals surface area contributed by atoms with E-state index in [4.69, 9.17) is 9.47 Å². The molecule has 4 aliphatic rings. The Morgan fingerprint density at radius 3 is 2.34 bits per heavy atom. The fraction of sp³-hybridized carbons (Fsp3) is 0.871. The van der Waals surface area contributed by atoms with Crippen molar-refractivity contribution < 1.29 is 19.1 Å². The van der Waals surface area contributed by atoms with Crippen LogP contribution in [0.3, 0.4) is 0 Å². The predicted octanol–water partition coefficient (Wildman–Crippen LogP) is 7.65. The van der Waals surface area contributed by atoms with Crippen LogP contribution in [0.4, 0.5) is 0 Å². The fourth-order valence-corrected chi connectivity index (χ4v) is 9.15. The third-order valence-corrected chi connectivity index (χ3v) is 10.8. The number of allylic oxidation sites excluding steroid dienone is 1.